The molecular formula is C10H14N4O2S. The molecule has 0 atom stereocenters. The van der Waals surface area contributed by atoms with Gasteiger partial charge in [-0.2, -0.15) is 0 Å². The molecule has 0 saturated carbocycles. The fraction of sp³-hybridized carbons (Fsp3) is 0.300. The van der Waals surface area contributed by atoms with Gasteiger partial charge in [0, 0.05) is 12.4 Å². The van der Waals surface area contributed by atoms with E-state index in [1.54, 1.807) is 12.3 Å². The summed E-state index contributed by atoms with van der Waals surface area (Å²) in [6.45, 7) is 2.01. The lowest BCUT2D eigenvalue weighted by Gasteiger charge is -2.06. The summed E-state index contributed by atoms with van der Waals surface area (Å²) in [5.41, 5.74) is 8.60. The maximum Gasteiger partial charge on any atom is 0.209 e. The van der Waals surface area contributed by atoms with Gasteiger partial charge >= 0.3 is 0 Å². The number of aryl methyl sites for hydroxylation is 1. The maximum atomic E-state index is 11.1. The van der Waals surface area contributed by atoms with Gasteiger partial charge in [-0.1, -0.05) is 0 Å². The second-order valence-corrected chi connectivity index (χ2v) is 5.82. The molecule has 0 fully saturated rings. The van der Waals surface area contributed by atoms with Gasteiger partial charge in [0.1, 0.15) is 0 Å². The fourth-order valence-electron chi connectivity index (χ4n) is 1.67. The first-order chi connectivity index (χ1) is 7.85. The highest BCUT2D eigenvalue weighted by Gasteiger charge is 2.08. The molecule has 2 aromatic heterocycles. The van der Waals surface area contributed by atoms with Crippen molar-refractivity contribution in [1.29, 1.82) is 0 Å². The van der Waals surface area contributed by atoms with Crippen molar-refractivity contribution in [2.45, 2.75) is 13.5 Å². The van der Waals surface area contributed by atoms with Crippen LogP contribution in [0.15, 0.2) is 18.5 Å². The van der Waals surface area contributed by atoms with Crippen LogP contribution in [0.5, 0.6) is 0 Å². The van der Waals surface area contributed by atoms with E-state index in [1.807, 2.05) is 17.5 Å². The summed E-state index contributed by atoms with van der Waals surface area (Å²) in [5.74, 6) is 0. The number of fused-ring (bicyclic) bond motifs is 1. The van der Waals surface area contributed by atoms with E-state index in [4.69, 9.17) is 5.73 Å². The van der Waals surface area contributed by atoms with Crippen molar-refractivity contribution >= 4 is 21.2 Å². The van der Waals surface area contributed by atoms with Crippen molar-refractivity contribution in [3.8, 4) is 0 Å². The minimum absolute atomic E-state index is 0.160. The summed E-state index contributed by atoms with van der Waals surface area (Å²) in [6.07, 6.45) is 4.73. The van der Waals surface area contributed by atoms with E-state index in [2.05, 4.69) is 9.71 Å². The van der Waals surface area contributed by atoms with Gasteiger partial charge in [-0.05, 0) is 13.0 Å². The van der Waals surface area contributed by atoms with Gasteiger partial charge in [0.15, 0.2) is 0 Å². The van der Waals surface area contributed by atoms with Crippen LogP contribution < -0.4 is 10.5 Å². The molecule has 2 aromatic rings. The molecule has 0 aliphatic rings. The molecule has 6 nitrogen and oxygen atoms in total. The van der Waals surface area contributed by atoms with Crippen LogP contribution in [0.1, 0.15) is 11.4 Å². The first-order valence-electron chi connectivity index (χ1n) is 5.03. The second-order valence-electron chi connectivity index (χ2n) is 3.99. The monoisotopic (exact) mass is 254 g/mol. The number of sulfonamides is 1. The molecule has 0 aliphatic heterocycles. The Morgan fingerprint density at radius 2 is 2.18 bits per heavy atom. The number of anilines is 1. The van der Waals surface area contributed by atoms with Crippen LogP contribution in [0.3, 0.4) is 0 Å². The largest absolute Gasteiger partial charge is 0.397 e. The lowest BCUT2D eigenvalue weighted by Crippen LogP contribution is -2.22. The molecule has 7 heteroatoms. The van der Waals surface area contributed by atoms with E-state index >= 15 is 0 Å². The summed E-state index contributed by atoms with van der Waals surface area (Å²) in [6, 6.07) is 1.77. The number of rotatable bonds is 3. The van der Waals surface area contributed by atoms with Crippen LogP contribution in [0, 0.1) is 6.92 Å². The molecule has 0 bridgehead atoms. The molecule has 17 heavy (non-hydrogen) atoms. The van der Waals surface area contributed by atoms with Crippen LogP contribution in [-0.2, 0) is 16.6 Å². The van der Waals surface area contributed by atoms with Crippen LogP contribution in [0.25, 0.3) is 5.52 Å². The highest BCUT2D eigenvalue weighted by Crippen LogP contribution is 2.15. The third-order valence-electron chi connectivity index (χ3n) is 2.30. The minimum Gasteiger partial charge on any atom is -0.397 e. The lowest BCUT2D eigenvalue weighted by molar-refractivity contribution is 0.586. The number of nitrogens with two attached hydrogens (primary N) is 1. The third-order valence-corrected chi connectivity index (χ3v) is 2.97. The van der Waals surface area contributed by atoms with Gasteiger partial charge in [0.05, 0.1) is 35.4 Å². The van der Waals surface area contributed by atoms with Gasteiger partial charge < -0.3 is 10.1 Å². The highest BCUT2D eigenvalue weighted by atomic mass is 32.2. The minimum atomic E-state index is -3.23. The van der Waals surface area contributed by atoms with Crippen LogP contribution >= 0.6 is 0 Å². The van der Waals surface area contributed by atoms with E-state index in [0.29, 0.717) is 11.4 Å². The summed E-state index contributed by atoms with van der Waals surface area (Å²) in [7, 11) is -3.23. The first kappa shape index (κ1) is 11.9. The number of nitrogens with zero attached hydrogens (tertiary/aromatic N) is 2. The van der Waals surface area contributed by atoms with E-state index in [0.717, 1.165) is 17.5 Å². The molecule has 92 valence electrons. The zero-order valence-electron chi connectivity index (χ0n) is 9.64. The Labute approximate surface area is 99.5 Å². The molecule has 0 aromatic carbocycles. The molecule has 0 aliphatic carbocycles. The summed E-state index contributed by atoms with van der Waals surface area (Å²) in [5, 5.41) is 0. The van der Waals surface area contributed by atoms with Crippen molar-refractivity contribution < 1.29 is 8.42 Å². The molecular weight excluding hydrogens is 240 g/mol. The van der Waals surface area contributed by atoms with Crippen molar-refractivity contribution in [2.24, 2.45) is 0 Å². The van der Waals surface area contributed by atoms with Crippen LogP contribution in [0.4, 0.5) is 5.69 Å². The quantitative estimate of drug-likeness (QED) is 0.823. The predicted molar refractivity (Wildman–Crippen MR) is 66.0 cm³/mol. The van der Waals surface area contributed by atoms with Crippen molar-refractivity contribution in [2.75, 3.05) is 12.0 Å². The lowest BCUT2D eigenvalue weighted by atomic mass is 10.3. The Bertz CT molecular complexity index is 660. The normalized spacial score (nSPS) is 12.1. The zero-order chi connectivity index (χ0) is 12.6. The van der Waals surface area contributed by atoms with E-state index in [1.165, 1.54) is 0 Å². The van der Waals surface area contributed by atoms with Gasteiger partial charge in [-0.15, -0.1) is 0 Å². The summed E-state index contributed by atoms with van der Waals surface area (Å²) >= 11 is 0. The van der Waals surface area contributed by atoms with Crippen molar-refractivity contribution in [1.82, 2.24) is 14.1 Å². The predicted octanol–water partition coefficient (Wildman–Crippen LogP) is 0.274. The van der Waals surface area contributed by atoms with Gasteiger partial charge in [-0.3, -0.25) is 4.98 Å². The number of hydrogen-bond acceptors (Lipinski definition) is 4. The van der Waals surface area contributed by atoms with Gasteiger partial charge in [-0.25, -0.2) is 13.1 Å². The molecule has 2 heterocycles. The summed E-state index contributed by atoms with van der Waals surface area (Å²) < 4.78 is 26.4. The Hall–Kier alpha value is -1.60. The number of aromatic nitrogens is 2. The topological polar surface area (TPSA) is 89.5 Å². The molecule has 0 saturated heterocycles. The molecule has 2 rings (SSSR count). The van der Waals surface area contributed by atoms with Crippen LogP contribution in [-0.4, -0.2) is 24.1 Å². The van der Waals surface area contributed by atoms with Crippen molar-refractivity contribution in [3.05, 3.63) is 29.8 Å². The Morgan fingerprint density at radius 3 is 2.82 bits per heavy atom. The molecule has 3 N–H and O–H groups in total. The number of nitrogens with one attached hydrogen (secondary N) is 1. The summed E-state index contributed by atoms with van der Waals surface area (Å²) in [4.78, 5) is 4.31. The number of hydrogen-bond donors (Lipinski definition) is 2. The van der Waals surface area contributed by atoms with Crippen molar-refractivity contribution in [3.63, 3.8) is 0 Å². The average molecular weight is 254 g/mol. The average Bonchev–Trinajstić information content (AvgIpc) is 2.53. The maximum absolute atomic E-state index is 11.1. The molecule has 0 unspecified atom stereocenters. The second kappa shape index (κ2) is 4.01. The van der Waals surface area contributed by atoms with E-state index < -0.39 is 10.0 Å². The molecule has 0 amide bonds. The molecule has 0 radical (unpaired) electrons. The standard InChI is InChI=1S/C10H14N4O2S/c1-7-5-14-6-8(11)3-10(14)9(13-7)4-12-17(2,15)16/h3,5-6,12H,4,11H2,1-2H3. The highest BCUT2D eigenvalue weighted by molar-refractivity contribution is 7.88. The van der Waals surface area contributed by atoms with Crippen LogP contribution in [0.2, 0.25) is 0 Å². The molecule has 0 spiro atoms. The van der Waals surface area contributed by atoms with E-state index in [9.17, 15) is 8.42 Å². The van der Waals surface area contributed by atoms with E-state index in [-0.39, 0.29) is 6.54 Å². The number of nitrogen functional groups attached to an aromatic ring is 1. The Kier molecular flexibility index (Phi) is 2.80. The Balaban J connectivity index is 2.45. The SMILES string of the molecule is Cc1cn2cc(N)cc2c(CNS(C)(=O)=O)n1. The van der Waals surface area contributed by atoms with Gasteiger partial charge in [0.2, 0.25) is 10.0 Å². The first-order valence-corrected chi connectivity index (χ1v) is 6.92. The fourth-order valence-corrected chi connectivity index (χ4v) is 2.07. The van der Waals surface area contributed by atoms with Gasteiger partial charge in [0.25, 0.3) is 0 Å². The Morgan fingerprint density at radius 1 is 1.47 bits per heavy atom. The smallest absolute Gasteiger partial charge is 0.209 e. The third kappa shape index (κ3) is 2.75. The zero-order valence-corrected chi connectivity index (χ0v) is 10.5.